The van der Waals surface area contributed by atoms with Gasteiger partial charge in [0.15, 0.2) is 5.78 Å². The van der Waals surface area contributed by atoms with Crippen molar-refractivity contribution in [1.29, 1.82) is 0 Å². The molecule has 10 atom stereocenters. The number of carbonyl (C=O) groups is 3. The average molecular weight is 691 g/mol. The van der Waals surface area contributed by atoms with E-state index >= 15 is 4.79 Å². The van der Waals surface area contributed by atoms with Crippen LogP contribution in [0.5, 0.6) is 0 Å². The molecule has 0 aliphatic heterocycles. The van der Waals surface area contributed by atoms with Crippen LogP contribution >= 0.6 is 0 Å². The highest BCUT2D eigenvalue weighted by atomic mass is 16.3. The normalized spacial score (nSPS) is 41.4. The molecule has 1 aromatic heterocycles. The number of amides is 2. The van der Waals surface area contributed by atoms with Crippen molar-refractivity contribution in [3.63, 3.8) is 0 Å². The highest BCUT2D eigenvalue weighted by Crippen LogP contribution is 2.75. The average Bonchev–Trinajstić information content (AvgIpc) is 3.53. The molecule has 2 N–H and O–H groups in total. The van der Waals surface area contributed by atoms with E-state index in [9.17, 15) is 14.7 Å². The van der Waals surface area contributed by atoms with Crippen molar-refractivity contribution in [2.45, 2.75) is 165 Å². The second kappa shape index (κ2) is 12.1. The van der Waals surface area contributed by atoms with Crippen molar-refractivity contribution in [2.75, 3.05) is 0 Å². The van der Waals surface area contributed by atoms with Gasteiger partial charge in [0, 0.05) is 16.9 Å². The number of fused-ring (bicyclic) bond motifs is 7. The zero-order valence-corrected chi connectivity index (χ0v) is 33.0. The van der Waals surface area contributed by atoms with Gasteiger partial charge in [-0.1, -0.05) is 61.0 Å². The van der Waals surface area contributed by atoms with Crippen molar-refractivity contribution in [3.8, 4) is 0 Å². The van der Waals surface area contributed by atoms with Gasteiger partial charge in [-0.3, -0.25) is 14.4 Å². The highest BCUT2D eigenvalue weighted by Gasteiger charge is 2.70. The number of furan rings is 1. The molecular weight excluding hydrogens is 624 g/mol. The number of rotatable bonds is 6. The van der Waals surface area contributed by atoms with E-state index in [2.05, 4.69) is 59.9 Å². The number of aliphatic hydroxyl groups excluding tert-OH is 1. The molecule has 1 aromatic rings. The maximum absolute atomic E-state index is 15.1. The Bertz CT molecular complexity index is 1540. The molecule has 0 saturated heterocycles. The van der Waals surface area contributed by atoms with Crippen LogP contribution in [0.1, 0.15) is 146 Å². The summed E-state index contributed by atoms with van der Waals surface area (Å²) in [6, 6.07) is 3.08. The van der Waals surface area contributed by atoms with E-state index in [1.165, 1.54) is 5.57 Å². The van der Waals surface area contributed by atoms with Crippen LogP contribution in [0, 0.1) is 50.2 Å². The fourth-order valence-electron chi connectivity index (χ4n) is 12.6. The predicted octanol–water partition coefficient (Wildman–Crippen LogP) is 8.64. The summed E-state index contributed by atoms with van der Waals surface area (Å²) in [4.78, 5) is 45.4. The standard InChI is InChI=1S/C43H66N2O5/c1-12-30(35(48)44-37(2,3)4)45(26-27-14-13-23-50-27)36(49)40(8)20-19-39(7)21-22-42(10)28(29(39)25-40)24-31(46)34-41(9)17-16-33(47)38(5,6)32(41)15-18-43(34,42)11/h13-14,23-24,29-30,32-34,47H,12,15-22,25-26H2,1-11H3,(H,44,48)/t29-,30?,32-,33-,34+,39+,40-,41-,42+,43+/m0/s1. The molecule has 0 spiro atoms. The molecule has 7 nitrogen and oxygen atoms in total. The summed E-state index contributed by atoms with van der Waals surface area (Å²) in [6.45, 7) is 24.3. The van der Waals surface area contributed by atoms with Crippen LogP contribution in [0.2, 0.25) is 0 Å². The fourth-order valence-corrected chi connectivity index (χ4v) is 12.6. The molecule has 0 radical (unpaired) electrons. The van der Waals surface area contributed by atoms with E-state index in [1.54, 1.807) is 11.2 Å². The van der Waals surface area contributed by atoms with Gasteiger partial charge in [-0.05, 0) is 142 Å². The van der Waals surface area contributed by atoms with Gasteiger partial charge < -0.3 is 19.7 Å². The Kier molecular flexibility index (Phi) is 9.01. The quantitative estimate of drug-likeness (QED) is 0.311. The van der Waals surface area contributed by atoms with Gasteiger partial charge in [0.05, 0.1) is 18.9 Å². The third kappa shape index (κ3) is 5.57. The van der Waals surface area contributed by atoms with Crippen molar-refractivity contribution in [1.82, 2.24) is 10.2 Å². The van der Waals surface area contributed by atoms with Gasteiger partial charge in [-0.25, -0.2) is 0 Å². The molecule has 1 unspecified atom stereocenters. The van der Waals surface area contributed by atoms with Gasteiger partial charge in [-0.2, -0.15) is 0 Å². The van der Waals surface area contributed by atoms with E-state index in [-0.39, 0.29) is 69.2 Å². The Morgan fingerprint density at radius 2 is 1.68 bits per heavy atom. The molecule has 5 aliphatic carbocycles. The van der Waals surface area contributed by atoms with Crippen LogP contribution in [0.3, 0.4) is 0 Å². The van der Waals surface area contributed by atoms with Crippen LogP contribution in [0.4, 0.5) is 0 Å². The first kappa shape index (κ1) is 37.4. The number of allylic oxidation sites excluding steroid dienone is 2. The second-order valence-corrected chi connectivity index (χ2v) is 20.3. The molecule has 6 rings (SSSR count). The first-order chi connectivity index (χ1) is 23.1. The first-order valence-electron chi connectivity index (χ1n) is 19.7. The summed E-state index contributed by atoms with van der Waals surface area (Å²) in [6.07, 6.45) is 12.0. The lowest BCUT2D eigenvalue weighted by Gasteiger charge is -2.70. The van der Waals surface area contributed by atoms with Crippen molar-refractivity contribution < 1.29 is 23.9 Å². The SMILES string of the molecule is CCC(C(=O)NC(C)(C)C)N(Cc1ccco1)C(=O)[C@@]1(C)CC[C@]2(C)CC[C@]3(C)C(=CC(=O)[C@@H]4[C@@]5(C)CC[C@H](O)C(C)(C)[C@@H]5CC[C@]43C)[C@@H]2C1. The number of carbonyl (C=O) groups excluding carboxylic acids is 3. The molecule has 0 aromatic carbocycles. The van der Waals surface area contributed by atoms with Gasteiger partial charge in [0.2, 0.25) is 11.8 Å². The van der Waals surface area contributed by atoms with Crippen molar-refractivity contribution in [3.05, 3.63) is 35.8 Å². The maximum Gasteiger partial charge on any atom is 0.243 e. The van der Waals surface area contributed by atoms with E-state index < -0.39 is 17.0 Å². The molecular formula is C43H66N2O5. The van der Waals surface area contributed by atoms with Crippen molar-refractivity contribution >= 4 is 17.6 Å². The van der Waals surface area contributed by atoms with Crippen LogP contribution in [-0.2, 0) is 20.9 Å². The zero-order chi connectivity index (χ0) is 36.9. The number of ketones is 1. The molecule has 2 amide bonds. The van der Waals surface area contributed by atoms with Crippen molar-refractivity contribution in [2.24, 2.45) is 50.2 Å². The fraction of sp³-hybridized carbons (Fsp3) is 0.791. The van der Waals surface area contributed by atoms with Gasteiger partial charge in [0.1, 0.15) is 11.8 Å². The van der Waals surface area contributed by atoms with Gasteiger partial charge in [0.25, 0.3) is 0 Å². The molecule has 7 heteroatoms. The number of aliphatic hydroxyl groups is 1. The largest absolute Gasteiger partial charge is 0.467 e. The monoisotopic (exact) mass is 690 g/mol. The van der Waals surface area contributed by atoms with Crippen LogP contribution < -0.4 is 5.32 Å². The zero-order valence-electron chi connectivity index (χ0n) is 33.0. The predicted molar refractivity (Wildman–Crippen MR) is 197 cm³/mol. The van der Waals surface area contributed by atoms with E-state index in [0.29, 0.717) is 24.5 Å². The summed E-state index contributed by atoms with van der Waals surface area (Å²) in [7, 11) is 0. The molecule has 4 saturated carbocycles. The van der Waals surface area contributed by atoms with Crippen LogP contribution in [0.25, 0.3) is 0 Å². The Hall–Kier alpha value is -2.41. The summed E-state index contributed by atoms with van der Waals surface area (Å²) in [5.41, 5.74) is -0.572. The Labute approximate surface area is 301 Å². The summed E-state index contributed by atoms with van der Waals surface area (Å²) in [5, 5.41) is 14.2. The summed E-state index contributed by atoms with van der Waals surface area (Å²) >= 11 is 0. The highest BCUT2D eigenvalue weighted by molar-refractivity contribution is 5.96. The van der Waals surface area contributed by atoms with Crippen LogP contribution in [-0.4, -0.2) is 45.3 Å². The van der Waals surface area contributed by atoms with Gasteiger partial charge in [-0.15, -0.1) is 0 Å². The minimum absolute atomic E-state index is 0.00183. The lowest BCUT2D eigenvalue weighted by Crippen LogP contribution is -2.66. The molecule has 1 heterocycles. The molecule has 50 heavy (non-hydrogen) atoms. The Morgan fingerprint density at radius 1 is 1.00 bits per heavy atom. The van der Waals surface area contributed by atoms with E-state index in [4.69, 9.17) is 4.42 Å². The van der Waals surface area contributed by atoms with E-state index in [1.807, 2.05) is 39.8 Å². The minimum Gasteiger partial charge on any atom is -0.467 e. The minimum atomic E-state index is -0.695. The number of nitrogens with one attached hydrogen (secondary N) is 1. The summed E-state index contributed by atoms with van der Waals surface area (Å²) in [5.74, 6) is 1.12. The Morgan fingerprint density at radius 3 is 2.30 bits per heavy atom. The number of hydrogen-bond donors (Lipinski definition) is 2. The third-order valence-corrected chi connectivity index (χ3v) is 15.8. The smallest absolute Gasteiger partial charge is 0.243 e. The molecule has 5 aliphatic rings. The lowest BCUT2D eigenvalue weighted by molar-refractivity contribution is -0.202. The molecule has 0 bridgehead atoms. The second-order valence-electron chi connectivity index (χ2n) is 20.3. The Balaban J connectivity index is 1.37. The van der Waals surface area contributed by atoms with E-state index in [0.717, 1.165) is 51.4 Å². The molecule has 4 fully saturated rings. The number of nitrogens with zero attached hydrogens (tertiary/aromatic N) is 1. The van der Waals surface area contributed by atoms with Gasteiger partial charge >= 0.3 is 0 Å². The third-order valence-electron chi connectivity index (χ3n) is 15.8. The number of hydrogen-bond acceptors (Lipinski definition) is 5. The maximum atomic E-state index is 15.1. The summed E-state index contributed by atoms with van der Waals surface area (Å²) < 4.78 is 5.75. The van der Waals surface area contributed by atoms with Crippen LogP contribution in [0.15, 0.2) is 34.5 Å². The lowest BCUT2D eigenvalue weighted by atomic mass is 9.33. The molecule has 278 valence electrons. The topological polar surface area (TPSA) is 99.9 Å². The first-order valence-corrected chi connectivity index (χ1v) is 19.7.